The van der Waals surface area contributed by atoms with E-state index in [9.17, 15) is 4.39 Å². The van der Waals surface area contributed by atoms with Gasteiger partial charge in [-0.25, -0.2) is 4.39 Å². The van der Waals surface area contributed by atoms with Crippen molar-refractivity contribution < 1.29 is 9.13 Å². The van der Waals surface area contributed by atoms with Crippen LogP contribution in [-0.4, -0.2) is 6.61 Å². The number of hydrogen-bond donors (Lipinski definition) is 0. The third-order valence-corrected chi connectivity index (χ3v) is 3.38. The Balaban J connectivity index is 2.50. The predicted octanol–water partition coefficient (Wildman–Crippen LogP) is 4.95. The van der Waals surface area contributed by atoms with Crippen molar-refractivity contribution in [2.45, 2.75) is 26.7 Å². The summed E-state index contributed by atoms with van der Waals surface area (Å²) in [5, 5.41) is 9.22. The molecule has 0 fully saturated rings. The van der Waals surface area contributed by atoms with E-state index >= 15 is 0 Å². The minimum Gasteiger partial charge on any atom is -0.492 e. The van der Waals surface area contributed by atoms with Crippen molar-refractivity contribution in [3.63, 3.8) is 0 Å². The highest BCUT2D eigenvalue weighted by Gasteiger charge is 2.16. The van der Waals surface area contributed by atoms with Crippen LogP contribution in [0.4, 0.5) is 4.39 Å². The van der Waals surface area contributed by atoms with E-state index in [4.69, 9.17) is 21.6 Å². The van der Waals surface area contributed by atoms with E-state index in [0.29, 0.717) is 28.3 Å². The molecule has 98 valence electrons. The average molecular weight is 335 g/mol. The number of nitriles is 1. The van der Waals surface area contributed by atoms with Crippen LogP contribution >= 0.6 is 27.5 Å². The fourth-order valence-corrected chi connectivity index (χ4v) is 2.06. The number of halogens is 3. The Morgan fingerprint density at radius 2 is 2.17 bits per heavy atom. The van der Waals surface area contributed by atoms with E-state index in [2.05, 4.69) is 22.0 Å². The summed E-state index contributed by atoms with van der Waals surface area (Å²) >= 11 is 8.97. The first-order valence-corrected chi connectivity index (χ1v) is 6.71. The van der Waals surface area contributed by atoms with Gasteiger partial charge in [-0.2, -0.15) is 5.26 Å². The van der Waals surface area contributed by atoms with Crippen LogP contribution in [-0.2, 0) is 0 Å². The summed E-state index contributed by atoms with van der Waals surface area (Å²) < 4.78 is 19.0. The Kier molecular flexibility index (Phi) is 5.43. The molecule has 0 radical (unpaired) electrons. The van der Waals surface area contributed by atoms with E-state index in [0.717, 1.165) is 6.42 Å². The molecule has 0 aliphatic rings. The molecule has 0 saturated heterocycles. The monoisotopic (exact) mass is 333 g/mol. The molecule has 18 heavy (non-hydrogen) atoms. The molecule has 1 aromatic carbocycles. The predicted molar refractivity (Wildman–Crippen MR) is 73.2 cm³/mol. The lowest BCUT2D eigenvalue weighted by Crippen LogP contribution is -2.10. The third-order valence-electron chi connectivity index (χ3n) is 2.48. The Morgan fingerprint density at radius 3 is 2.78 bits per heavy atom. The molecule has 0 saturated carbocycles. The van der Waals surface area contributed by atoms with Gasteiger partial charge < -0.3 is 4.74 Å². The quantitative estimate of drug-likeness (QED) is 0.564. The van der Waals surface area contributed by atoms with Gasteiger partial charge in [0.25, 0.3) is 0 Å². The number of benzene rings is 1. The summed E-state index contributed by atoms with van der Waals surface area (Å²) in [5.41, 5.74) is -0.363. The van der Waals surface area contributed by atoms with Crippen LogP contribution in [0, 0.1) is 22.6 Å². The molecule has 0 spiro atoms. The minimum absolute atomic E-state index is 0.311. The van der Waals surface area contributed by atoms with Crippen molar-refractivity contribution in [2.75, 3.05) is 6.61 Å². The fraction of sp³-hybridized carbons (Fsp3) is 0.462. The minimum atomic E-state index is -0.410. The van der Waals surface area contributed by atoms with E-state index < -0.39 is 5.82 Å². The first kappa shape index (κ1) is 15.3. The third kappa shape index (κ3) is 4.47. The molecule has 1 rings (SSSR count). The summed E-state index contributed by atoms with van der Waals surface area (Å²) in [7, 11) is 0. The normalized spacial score (nSPS) is 11.1. The van der Waals surface area contributed by atoms with Crippen molar-refractivity contribution in [1.29, 1.82) is 5.26 Å². The van der Waals surface area contributed by atoms with Crippen molar-refractivity contribution in [1.82, 2.24) is 0 Å². The number of ether oxygens (including phenoxy) is 1. The molecule has 0 aliphatic heterocycles. The largest absolute Gasteiger partial charge is 0.492 e. The van der Waals surface area contributed by atoms with Gasteiger partial charge in [0, 0.05) is 6.07 Å². The maximum Gasteiger partial charge on any atom is 0.141 e. The zero-order valence-electron chi connectivity index (χ0n) is 10.3. The van der Waals surface area contributed by atoms with E-state index in [1.54, 1.807) is 0 Å². The van der Waals surface area contributed by atoms with Gasteiger partial charge in [0.2, 0.25) is 0 Å². The molecule has 5 heteroatoms. The van der Waals surface area contributed by atoms with Gasteiger partial charge in [-0.1, -0.05) is 11.6 Å². The summed E-state index contributed by atoms with van der Waals surface area (Å²) in [6, 6.07) is 4.94. The van der Waals surface area contributed by atoms with Gasteiger partial charge >= 0.3 is 0 Å². The van der Waals surface area contributed by atoms with E-state index in [1.807, 2.05) is 13.8 Å². The zero-order valence-corrected chi connectivity index (χ0v) is 12.6. The van der Waals surface area contributed by atoms with E-state index in [-0.39, 0.29) is 5.41 Å². The summed E-state index contributed by atoms with van der Waals surface area (Å²) in [5.74, 6) is -0.0844. The lowest BCUT2D eigenvalue weighted by atomic mass is 9.90. The van der Waals surface area contributed by atoms with Crippen LogP contribution in [0.25, 0.3) is 0 Å². The molecule has 0 bridgehead atoms. The topological polar surface area (TPSA) is 33.0 Å². The van der Waals surface area contributed by atoms with Crippen LogP contribution < -0.4 is 4.74 Å². The SMILES string of the molecule is CC(C)(C#N)CCCOc1cc(F)c(Br)cc1Cl. The fourth-order valence-electron chi connectivity index (χ4n) is 1.37. The molecular weight excluding hydrogens is 321 g/mol. The van der Waals surface area contributed by atoms with Crippen molar-refractivity contribution in [2.24, 2.45) is 5.41 Å². The summed E-state index contributed by atoms with van der Waals surface area (Å²) in [6.07, 6.45) is 1.44. The molecule has 0 heterocycles. The van der Waals surface area contributed by atoms with Crippen LogP contribution in [0.1, 0.15) is 26.7 Å². The Morgan fingerprint density at radius 1 is 1.50 bits per heavy atom. The van der Waals surface area contributed by atoms with Gasteiger partial charge in [0.1, 0.15) is 11.6 Å². The van der Waals surface area contributed by atoms with Crippen LogP contribution in [0.2, 0.25) is 5.02 Å². The van der Waals surface area contributed by atoms with Crippen molar-refractivity contribution >= 4 is 27.5 Å². The number of hydrogen-bond acceptors (Lipinski definition) is 2. The number of nitrogens with zero attached hydrogens (tertiary/aromatic N) is 1. The van der Waals surface area contributed by atoms with Gasteiger partial charge in [-0.15, -0.1) is 0 Å². The first-order chi connectivity index (χ1) is 8.35. The van der Waals surface area contributed by atoms with Gasteiger partial charge in [0.05, 0.1) is 27.6 Å². The molecular formula is C13H14BrClFNO. The summed E-state index contributed by atoms with van der Waals surface area (Å²) in [6.45, 7) is 4.16. The summed E-state index contributed by atoms with van der Waals surface area (Å²) in [4.78, 5) is 0. The highest BCUT2D eigenvalue weighted by atomic mass is 79.9. The molecule has 0 unspecified atom stereocenters. The van der Waals surface area contributed by atoms with Crippen LogP contribution in [0.3, 0.4) is 0 Å². The number of rotatable bonds is 5. The maximum atomic E-state index is 13.3. The van der Waals surface area contributed by atoms with Gasteiger partial charge in [-0.05, 0) is 48.7 Å². The van der Waals surface area contributed by atoms with Gasteiger partial charge in [0.15, 0.2) is 0 Å². The Bertz CT molecular complexity index is 471. The average Bonchev–Trinajstić information content (AvgIpc) is 2.31. The smallest absolute Gasteiger partial charge is 0.141 e. The Hall–Kier alpha value is -0.790. The van der Waals surface area contributed by atoms with Gasteiger partial charge in [-0.3, -0.25) is 0 Å². The Labute approximate surface area is 120 Å². The second-order valence-corrected chi connectivity index (χ2v) is 5.91. The lowest BCUT2D eigenvalue weighted by molar-refractivity contribution is 0.283. The molecule has 0 N–H and O–H groups in total. The molecule has 2 nitrogen and oxygen atoms in total. The molecule has 1 aromatic rings. The highest BCUT2D eigenvalue weighted by Crippen LogP contribution is 2.30. The molecule has 0 amide bonds. The highest BCUT2D eigenvalue weighted by molar-refractivity contribution is 9.10. The van der Waals surface area contributed by atoms with Crippen molar-refractivity contribution in [3.05, 3.63) is 27.4 Å². The van der Waals surface area contributed by atoms with Crippen molar-refractivity contribution in [3.8, 4) is 11.8 Å². The first-order valence-electron chi connectivity index (χ1n) is 5.54. The second kappa shape index (κ2) is 6.40. The lowest BCUT2D eigenvalue weighted by Gasteiger charge is -2.15. The van der Waals surface area contributed by atoms with Crippen LogP contribution in [0.15, 0.2) is 16.6 Å². The standard InChI is InChI=1S/C13H14BrClFNO/c1-13(2,8-17)4-3-5-18-12-7-11(16)9(14)6-10(12)15/h6-7H,3-5H2,1-2H3. The zero-order chi connectivity index (χ0) is 13.8. The molecule has 0 aliphatic carbocycles. The molecule has 0 atom stereocenters. The van der Waals surface area contributed by atoms with Crippen LogP contribution in [0.5, 0.6) is 5.75 Å². The molecule has 0 aromatic heterocycles. The van der Waals surface area contributed by atoms with E-state index in [1.165, 1.54) is 12.1 Å². The maximum absolute atomic E-state index is 13.3. The second-order valence-electron chi connectivity index (χ2n) is 4.64.